The van der Waals surface area contributed by atoms with Gasteiger partial charge in [0.25, 0.3) is 5.91 Å². The molecule has 4 rings (SSSR count). The van der Waals surface area contributed by atoms with Crippen molar-refractivity contribution in [2.24, 2.45) is 0 Å². The Bertz CT molecular complexity index is 807. The Morgan fingerprint density at radius 3 is 2.67 bits per heavy atom. The SMILES string of the molecule is COc1cc(C(=O)N2CCN(C)CC2c2ccccc2)cc2c1OCCO2. The molecule has 0 spiro atoms. The van der Waals surface area contributed by atoms with Gasteiger partial charge in [0.15, 0.2) is 11.5 Å². The molecule has 2 aliphatic rings. The number of benzene rings is 2. The first-order chi connectivity index (χ1) is 13.2. The van der Waals surface area contributed by atoms with Gasteiger partial charge in [-0.15, -0.1) is 0 Å². The lowest BCUT2D eigenvalue weighted by Crippen LogP contribution is -2.49. The normalized spacial score (nSPS) is 19.6. The van der Waals surface area contributed by atoms with E-state index in [2.05, 4.69) is 24.1 Å². The molecular weight excluding hydrogens is 344 g/mol. The number of nitrogens with zero attached hydrogens (tertiary/aromatic N) is 2. The van der Waals surface area contributed by atoms with E-state index < -0.39 is 0 Å². The van der Waals surface area contributed by atoms with Gasteiger partial charge in [-0.25, -0.2) is 0 Å². The summed E-state index contributed by atoms with van der Waals surface area (Å²) in [6.45, 7) is 3.26. The zero-order chi connectivity index (χ0) is 18.8. The van der Waals surface area contributed by atoms with Gasteiger partial charge >= 0.3 is 0 Å². The van der Waals surface area contributed by atoms with Crippen molar-refractivity contribution in [2.45, 2.75) is 6.04 Å². The average Bonchev–Trinajstić information content (AvgIpc) is 2.73. The molecular formula is C21H24N2O4. The quantitative estimate of drug-likeness (QED) is 0.834. The molecule has 0 bridgehead atoms. The van der Waals surface area contributed by atoms with Gasteiger partial charge in [0, 0.05) is 25.2 Å². The van der Waals surface area contributed by atoms with Crippen molar-refractivity contribution in [3.63, 3.8) is 0 Å². The van der Waals surface area contributed by atoms with E-state index in [0.717, 1.165) is 18.7 Å². The molecule has 1 saturated heterocycles. The fraction of sp³-hybridized carbons (Fsp3) is 0.381. The van der Waals surface area contributed by atoms with Crippen molar-refractivity contribution < 1.29 is 19.0 Å². The molecule has 0 N–H and O–H groups in total. The van der Waals surface area contributed by atoms with Crippen LogP contribution in [-0.2, 0) is 0 Å². The highest BCUT2D eigenvalue weighted by Crippen LogP contribution is 2.41. The highest BCUT2D eigenvalue weighted by molar-refractivity contribution is 5.96. The number of hydrogen-bond acceptors (Lipinski definition) is 5. The Hall–Kier alpha value is -2.73. The molecule has 0 radical (unpaired) electrons. The van der Waals surface area contributed by atoms with Crippen LogP contribution >= 0.6 is 0 Å². The topological polar surface area (TPSA) is 51.2 Å². The summed E-state index contributed by atoms with van der Waals surface area (Å²) in [5.74, 6) is 1.64. The Kier molecular flexibility index (Phi) is 4.90. The molecule has 0 saturated carbocycles. The number of rotatable bonds is 3. The van der Waals surface area contributed by atoms with Crippen LogP contribution in [0.15, 0.2) is 42.5 Å². The first-order valence-electron chi connectivity index (χ1n) is 9.19. The predicted molar refractivity (Wildman–Crippen MR) is 102 cm³/mol. The predicted octanol–water partition coefficient (Wildman–Crippen LogP) is 2.60. The lowest BCUT2D eigenvalue weighted by atomic mass is 10.0. The molecule has 0 aliphatic carbocycles. The number of piperazine rings is 1. The van der Waals surface area contributed by atoms with Crippen molar-refractivity contribution in [3.05, 3.63) is 53.6 Å². The minimum Gasteiger partial charge on any atom is -0.493 e. The zero-order valence-corrected chi connectivity index (χ0v) is 15.7. The minimum absolute atomic E-state index is 0.0108. The third-order valence-electron chi connectivity index (χ3n) is 5.10. The van der Waals surface area contributed by atoms with Gasteiger partial charge in [-0.3, -0.25) is 4.79 Å². The van der Waals surface area contributed by atoms with Crippen molar-refractivity contribution in [2.75, 3.05) is 47.0 Å². The first-order valence-corrected chi connectivity index (χ1v) is 9.19. The smallest absolute Gasteiger partial charge is 0.254 e. The van der Waals surface area contributed by atoms with Gasteiger partial charge < -0.3 is 24.0 Å². The largest absolute Gasteiger partial charge is 0.493 e. The van der Waals surface area contributed by atoms with Gasteiger partial charge in [-0.2, -0.15) is 0 Å². The summed E-state index contributed by atoms with van der Waals surface area (Å²) < 4.78 is 16.8. The second-order valence-electron chi connectivity index (χ2n) is 6.89. The van der Waals surface area contributed by atoms with E-state index in [1.807, 2.05) is 23.1 Å². The first kappa shape index (κ1) is 17.7. The van der Waals surface area contributed by atoms with Crippen LogP contribution in [0.3, 0.4) is 0 Å². The van der Waals surface area contributed by atoms with Crippen molar-refractivity contribution >= 4 is 5.91 Å². The molecule has 2 aromatic carbocycles. The summed E-state index contributed by atoms with van der Waals surface area (Å²) in [7, 11) is 3.66. The van der Waals surface area contributed by atoms with Gasteiger partial charge in [0.05, 0.1) is 13.2 Å². The van der Waals surface area contributed by atoms with E-state index in [4.69, 9.17) is 14.2 Å². The van der Waals surface area contributed by atoms with Crippen molar-refractivity contribution in [1.82, 2.24) is 9.80 Å². The summed E-state index contributed by atoms with van der Waals surface area (Å²) in [5.41, 5.74) is 1.70. The number of methoxy groups -OCH3 is 1. The van der Waals surface area contributed by atoms with E-state index in [1.54, 1.807) is 19.2 Å². The summed E-state index contributed by atoms with van der Waals surface area (Å²) in [5, 5.41) is 0. The average molecular weight is 368 g/mol. The highest BCUT2D eigenvalue weighted by atomic mass is 16.6. The van der Waals surface area contributed by atoms with Gasteiger partial charge in [0.2, 0.25) is 5.75 Å². The molecule has 2 aromatic rings. The second-order valence-corrected chi connectivity index (χ2v) is 6.89. The third-order valence-corrected chi connectivity index (χ3v) is 5.10. The summed E-state index contributed by atoms with van der Waals surface area (Å²) in [4.78, 5) is 17.6. The lowest BCUT2D eigenvalue weighted by molar-refractivity contribution is 0.0496. The van der Waals surface area contributed by atoms with Crippen LogP contribution in [0, 0.1) is 0 Å². The molecule has 6 heteroatoms. The maximum atomic E-state index is 13.4. The number of carbonyl (C=O) groups is 1. The summed E-state index contributed by atoms with van der Waals surface area (Å²) >= 11 is 0. The van der Waals surface area contributed by atoms with Crippen LogP contribution in [0.1, 0.15) is 22.0 Å². The fourth-order valence-corrected chi connectivity index (χ4v) is 3.69. The maximum absolute atomic E-state index is 13.4. The van der Waals surface area contributed by atoms with Gasteiger partial charge in [-0.1, -0.05) is 30.3 Å². The molecule has 2 heterocycles. The Morgan fingerprint density at radius 2 is 1.89 bits per heavy atom. The Balaban J connectivity index is 1.68. The molecule has 1 fully saturated rings. The van der Waals surface area contributed by atoms with Crippen molar-refractivity contribution in [3.8, 4) is 17.2 Å². The summed E-state index contributed by atoms with van der Waals surface area (Å²) in [6.07, 6.45) is 0. The van der Waals surface area contributed by atoms with Crippen LogP contribution < -0.4 is 14.2 Å². The van der Waals surface area contributed by atoms with Crippen LogP contribution in [-0.4, -0.2) is 62.7 Å². The third kappa shape index (κ3) is 3.45. The van der Waals surface area contributed by atoms with E-state index in [9.17, 15) is 4.79 Å². The standard InChI is InChI=1S/C21H24N2O4/c1-22-8-9-23(17(14-22)15-6-4-3-5-7-15)21(24)16-12-18(25-2)20-19(13-16)26-10-11-27-20/h3-7,12-13,17H,8-11,14H2,1-2H3. The van der Waals surface area contributed by atoms with E-state index in [1.165, 1.54) is 0 Å². The Morgan fingerprint density at radius 1 is 1.11 bits per heavy atom. The van der Waals surface area contributed by atoms with E-state index in [0.29, 0.717) is 42.6 Å². The Labute approximate surface area is 159 Å². The molecule has 1 atom stereocenters. The van der Waals surface area contributed by atoms with Crippen LogP contribution in [0.2, 0.25) is 0 Å². The van der Waals surface area contributed by atoms with Gasteiger partial charge in [-0.05, 0) is 24.7 Å². The number of hydrogen-bond donors (Lipinski definition) is 0. The number of ether oxygens (including phenoxy) is 3. The highest BCUT2D eigenvalue weighted by Gasteiger charge is 2.32. The minimum atomic E-state index is -0.0211. The molecule has 1 amide bonds. The monoisotopic (exact) mass is 368 g/mol. The summed E-state index contributed by atoms with van der Waals surface area (Å²) in [6, 6.07) is 13.7. The molecule has 0 aromatic heterocycles. The maximum Gasteiger partial charge on any atom is 0.254 e. The molecule has 6 nitrogen and oxygen atoms in total. The van der Waals surface area contributed by atoms with Gasteiger partial charge in [0.1, 0.15) is 13.2 Å². The second kappa shape index (κ2) is 7.48. The zero-order valence-electron chi connectivity index (χ0n) is 15.7. The van der Waals surface area contributed by atoms with Crippen molar-refractivity contribution in [1.29, 1.82) is 0 Å². The van der Waals surface area contributed by atoms with Crippen LogP contribution in [0.5, 0.6) is 17.2 Å². The van der Waals surface area contributed by atoms with Crippen LogP contribution in [0.25, 0.3) is 0 Å². The van der Waals surface area contributed by atoms with E-state index in [-0.39, 0.29) is 11.9 Å². The molecule has 1 unspecified atom stereocenters. The lowest BCUT2D eigenvalue weighted by Gasteiger charge is -2.40. The molecule has 142 valence electrons. The number of amides is 1. The number of carbonyl (C=O) groups excluding carboxylic acids is 1. The molecule has 2 aliphatic heterocycles. The molecule has 27 heavy (non-hydrogen) atoms. The number of likely N-dealkylation sites (N-methyl/N-ethyl adjacent to an activating group) is 1. The van der Waals surface area contributed by atoms with E-state index >= 15 is 0 Å². The number of fused-ring (bicyclic) bond motifs is 1. The van der Waals surface area contributed by atoms with Crippen LogP contribution in [0.4, 0.5) is 0 Å². The fourth-order valence-electron chi connectivity index (χ4n) is 3.69.